The minimum Gasteiger partial charge on any atom is -0.392 e. The number of piperidine rings is 1. The van der Waals surface area contributed by atoms with Gasteiger partial charge in [0.15, 0.2) is 0 Å². The molecule has 1 unspecified atom stereocenters. The Hall–Kier alpha value is -3.19. The number of aliphatic hydroxyl groups excluding tert-OH is 1. The highest BCUT2D eigenvalue weighted by Crippen LogP contribution is 2.35. The normalized spacial score (nSPS) is 16.9. The maximum absolute atomic E-state index is 11.5. The minimum absolute atomic E-state index is 0.0715. The summed E-state index contributed by atoms with van der Waals surface area (Å²) in [6.07, 6.45) is 3.75. The van der Waals surface area contributed by atoms with Crippen molar-refractivity contribution in [2.45, 2.75) is 25.4 Å². The third kappa shape index (κ3) is 3.61. The fourth-order valence-electron chi connectivity index (χ4n) is 3.80. The number of nitrogens with zero attached hydrogens (tertiary/aromatic N) is 3. The van der Waals surface area contributed by atoms with Gasteiger partial charge in [0.1, 0.15) is 11.5 Å². The second-order valence-corrected chi connectivity index (χ2v) is 7.07. The molecule has 0 spiro atoms. The first kappa shape index (κ1) is 18.2. The lowest BCUT2D eigenvalue weighted by atomic mass is 9.96. The summed E-state index contributed by atoms with van der Waals surface area (Å²) in [4.78, 5) is 21.1. The van der Waals surface area contributed by atoms with Crippen molar-refractivity contribution >= 4 is 11.4 Å². The summed E-state index contributed by atoms with van der Waals surface area (Å²) in [7, 11) is 0. The van der Waals surface area contributed by atoms with E-state index in [1.54, 1.807) is 12.1 Å². The van der Waals surface area contributed by atoms with E-state index >= 15 is 0 Å². The highest BCUT2D eigenvalue weighted by atomic mass is 16.6. The Labute approximate surface area is 162 Å². The van der Waals surface area contributed by atoms with Gasteiger partial charge in [-0.3, -0.25) is 10.1 Å². The Balaban J connectivity index is 1.59. The van der Waals surface area contributed by atoms with Crippen LogP contribution in [0.15, 0.2) is 54.7 Å². The lowest BCUT2D eigenvalue weighted by molar-refractivity contribution is -0.384. The quantitative estimate of drug-likeness (QED) is 0.519. The first-order valence-corrected chi connectivity index (χ1v) is 9.39. The van der Waals surface area contributed by atoms with E-state index < -0.39 is 0 Å². The largest absolute Gasteiger partial charge is 0.392 e. The smallest absolute Gasteiger partial charge is 0.292 e. The van der Waals surface area contributed by atoms with E-state index in [2.05, 4.69) is 9.97 Å². The third-order valence-electron chi connectivity index (χ3n) is 5.25. The zero-order valence-corrected chi connectivity index (χ0v) is 15.4. The van der Waals surface area contributed by atoms with Crippen molar-refractivity contribution in [3.05, 3.63) is 76.2 Å². The van der Waals surface area contributed by atoms with Gasteiger partial charge in [0.25, 0.3) is 5.69 Å². The molecule has 1 fully saturated rings. The lowest BCUT2D eigenvalue weighted by Gasteiger charge is -2.33. The molecule has 0 amide bonds. The van der Waals surface area contributed by atoms with E-state index in [1.165, 1.54) is 6.07 Å². The van der Waals surface area contributed by atoms with Gasteiger partial charge in [0.05, 0.1) is 23.4 Å². The maximum atomic E-state index is 11.5. The molecule has 1 aliphatic rings. The van der Waals surface area contributed by atoms with Crippen LogP contribution in [0.5, 0.6) is 0 Å². The molecule has 0 radical (unpaired) electrons. The van der Waals surface area contributed by atoms with Crippen LogP contribution >= 0.6 is 0 Å². The molecule has 1 aliphatic heterocycles. The fraction of sp³-hybridized carbons (Fsp3) is 0.286. The van der Waals surface area contributed by atoms with E-state index in [-0.39, 0.29) is 23.1 Å². The molecule has 28 heavy (non-hydrogen) atoms. The van der Waals surface area contributed by atoms with Crippen LogP contribution < -0.4 is 4.90 Å². The number of rotatable bonds is 5. The Morgan fingerprint density at radius 2 is 2.07 bits per heavy atom. The topological polar surface area (TPSA) is 95.3 Å². The number of imidazole rings is 1. The summed E-state index contributed by atoms with van der Waals surface area (Å²) in [5.74, 6) is 1.08. The monoisotopic (exact) mass is 378 g/mol. The molecular formula is C21H22N4O3. The molecule has 1 atom stereocenters. The molecule has 2 N–H and O–H groups in total. The fourth-order valence-corrected chi connectivity index (χ4v) is 3.80. The molecule has 1 saturated heterocycles. The minimum atomic E-state index is -0.361. The average molecular weight is 378 g/mol. The molecular weight excluding hydrogens is 356 g/mol. The summed E-state index contributed by atoms with van der Waals surface area (Å²) in [6.45, 7) is 1.26. The van der Waals surface area contributed by atoms with E-state index in [9.17, 15) is 15.2 Å². The van der Waals surface area contributed by atoms with E-state index in [1.807, 2.05) is 41.4 Å². The number of aromatic nitrogens is 2. The summed E-state index contributed by atoms with van der Waals surface area (Å²) in [5.41, 5.74) is 3.37. The second kappa shape index (κ2) is 7.82. The molecule has 1 aromatic heterocycles. The lowest BCUT2D eigenvalue weighted by Crippen LogP contribution is -2.35. The Morgan fingerprint density at radius 3 is 2.82 bits per heavy atom. The third-order valence-corrected chi connectivity index (χ3v) is 5.25. The number of nitro benzene ring substituents is 1. The van der Waals surface area contributed by atoms with Gasteiger partial charge in [-0.05, 0) is 36.1 Å². The summed E-state index contributed by atoms with van der Waals surface area (Å²) >= 11 is 0. The molecule has 4 rings (SSSR count). The van der Waals surface area contributed by atoms with E-state index in [0.717, 1.165) is 36.5 Å². The predicted molar refractivity (Wildman–Crippen MR) is 107 cm³/mol. The van der Waals surface area contributed by atoms with Gasteiger partial charge in [-0.1, -0.05) is 30.3 Å². The van der Waals surface area contributed by atoms with Crippen molar-refractivity contribution in [3.8, 4) is 11.3 Å². The van der Waals surface area contributed by atoms with Crippen molar-refractivity contribution in [2.24, 2.45) is 0 Å². The van der Waals surface area contributed by atoms with Gasteiger partial charge in [0, 0.05) is 25.1 Å². The summed E-state index contributed by atoms with van der Waals surface area (Å²) < 4.78 is 0. The van der Waals surface area contributed by atoms with Crippen molar-refractivity contribution in [1.82, 2.24) is 9.97 Å². The van der Waals surface area contributed by atoms with Crippen LogP contribution in [0.1, 0.15) is 30.1 Å². The number of benzene rings is 2. The zero-order valence-electron chi connectivity index (χ0n) is 15.4. The van der Waals surface area contributed by atoms with Crippen LogP contribution in [-0.2, 0) is 6.61 Å². The highest BCUT2D eigenvalue weighted by Gasteiger charge is 2.28. The number of aromatic amines is 1. The van der Waals surface area contributed by atoms with Gasteiger partial charge in [0.2, 0.25) is 0 Å². The molecule has 0 saturated carbocycles. The molecule has 2 heterocycles. The van der Waals surface area contributed by atoms with Gasteiger partial charge in [-0.15, -0.1) is 0 Å². The Kier molecular flexibility index (Phi) is 5.08. The maximum Gasteiger partial charge on any atom is 0.292 e. The molecule has 0 bridgehead atoms. The first-order chi connectivity index (χ1) is 13.7. The number of hydrogen-bond acceptors (Lipinski definition) is 5. The van der Waals surface area contributed by atoms with Gasteiger partial charge in [-0.2, -0.15) is 0 Å². The van der Waals surface area contributed by atoms with Gasteiger partial charge >= 0.3 is 0 Å². The number of nitrogens with one attached hydrogen (secondary N) is 1. The molecule has 7 heteroatoms. The van der Waals surface area contributed by atoms with Gasteiger partial charge < -0.3 is 15.0 Å². The zero-order chi connectivity index (χ0) is 19.5. The molecule has 2 aromatic carbocycles. The van der Waals surface area contributed by atoms with Crippen molar-refractivity contribution in [1.29, 1.82) is 0 Å². The van der Waals surface area contributed by atoms with Crippen molar-refractivity contribution in [2.75, 3.05) is 18.0 Å². The molecule has 3 aromatic rings. The molecule has 7 nitrogen and oxygen atoms in total. The highest BCUT2D eigenvalue weighted by molar-refractivity contribution is 5.65. The number of anilines is 1. The van der Waals surface area contributed by atoms with Gasteiger partial charge in [-0.25, -0.2) is 4.98 Å². The van der Waals surface area contributed by atoms with Crippen LogP contribution in [-0.4, -0.2) is 33.1 Å². The Morgan fingerprint density at radius 1 is 1.25 bits per heavy atom. The number of aliphatic hydroxyl groups is 1. The standard InChI is InChI=1S/C21H22N4O3/c26-14-15-8-9-19(25(27)28)20(11-15)24-10-4-7-17(13-24)21-22-12-18(23-21)16-5-2-1-3-6-16/h1-3,5-6,8-9,11-12,17,26H,4,7,10,13-14H2,(H,22,23). The number of H-pyrrole nitrogens is 1. The van der Waals surface area contributed by atoms with Crippen LogP contribution in [0.2, 0.25) is 0 Å². The van der Waals surface area contributed by atoms with Crippen LogP contribution in [0.25, 0.3) is 11.3 Å². The summed E-state index contributed by atoms with van der Waals surface area (Å²) in [6, 6.07) is 14.8. The van der Waals surface area contributed by atoms with Crippen molar-refractivity contribution in [3.63, 3.8) is 0 Å². The number of nitro groups is 1. The van der Waals surface area contributed by atoms with Crippen LogP contribution in [0, 0.1) is 10.1 Å². The summed E-state index contributed by atoms with van der Waals surface area (Å²) in [5, 5.41) is 20.9. The van der Waals surface area contributed by atoms with Crippen molar-refractivity contribution < 1.29 is 10.0 Å². The van der Waals surface area contributed by atoms with Crippen LogP contribution in [0.3, 0.4) is 0 Å². The predicted octanol–water partition coefficient (Wildman–Crippen LogP) is 3.86. The van der Waals surface area contributed by atoms with E-state index in [0.29, 0.717) is 17.8 Å². The average Bonchev–Trinajstić information content (AvgIpc) is 3.24. The number of hydrogen-bond donors (Lipinski definition) is 2. The first-order valence-electron chi connectivity index (χ1n) is 9.39. The molecule has 144 valence electrons. The molecule has 0 aliphatic carbocycles. The van der Waals surface area contributed by atoms with E-state index in [4.69, 9.17) is 0 Å². The Bertz CT molecular complexity index is 971. The van der Waals surface area contributed by atoms with Crippen LogP contribution in [0.4, 0.5) is 11.4 Å². The SMILES string of the molecule is O=[N+]([O-])c1ccc(CO)cc1N1CCCC(c2ncc(-c3ccccc3)[nH]2)C1. The second-order valence-electron chi connectivity index (χ2n) is 7.07.